The first-order valence-corrected chi connectivity index (χ1v) is 8.37. The van der Waals surface area contributed by atoms with Crippen molar-refractivity contribution < 1.29 is 9.59 Å². The zero-order valence-electron chi connectivity index (χ0n) is 13.2. The van der Waals surface area contributed by atoms with E-state index in [0.717, 1.165) is 41.7 Å². The van der Waals surface area contributed by atoms with Gasteiger partial charge in [-0.2, -0.15) is 0 Å². The van der Waals surface area contributed by atoms with Gasteiger partial charge in [0, 0.05) is 16.6 Å². The van der Waals surface area contributed by atoms with Crippen LogP contribution in [0.15, 0.2) is 22.7 Å². The summed E-state index contributed by atoms with van der Waals surface area (Å²) in [6, 6.07) is 5.65. The number of aryl methyl sites for hydroxylation is 1. The highest BCUT2D eigenvalue weighted by Crippen LogP contribution is 2.19. The van der Waals surface area contributed by atoms with Gasteiger partial charge >= 0.3 is 0 Å². The zero-order valence-corrected chi connectivity index (χ0v) is 15.6. The molecule has 1 aromatic carbocycles. The third-order valence-electron chi connectivity index (χ3n) is 3.85. The Hall–Kier alpha value is -1.11. The molecule has 2 rings (SSSR count). The van der Waals surface area contributed by atoms with Crippen LogP contribution in [0.2, 0.25) is 0 Å². The molecule has 0 aromatic heterocycles. The Morgan fingerprint density at radius 3 is 2.78 bits per heavy atom. The van der Waals surface area contributed by atoms with Crippen molar-refractivity contribution in [1.82, 2.24) is 10.6 Å². The molecular weight excluding hydrogens is 382 g/mol. The number of amides is 2. The van der Waals surface area contributed by atoms with Crippen LogP contribution in [-0.2, 0) is 9.59 Å². The highest BCUT2D eigenvalue weighted by Gasteiger charge is 2.16. The van der Waals surface area contributed by atoms with Crippen LogP contribution in [0.3, 0.4) is 0 Å². The number of benzene rings is 1. The Kier molecular flexibility index (Phi) is 8.58. The van der Waals surface area contributed by atoms with Gasteiger partial charge < -0.3 is 16.0 Å². The number of halogens is 2. The Bertz CT molecular complexity index is 548. The van der Waals surface area contributed by atoms with Crippen LogP contribution in [-0.4, -0.2) is 31.4 Å². The summed E-state index contributed by atoms with van der Waals surface area (Å²) in [6.45, 7) is 3.98. The van der Waals surface area contributed by atoms with Crippen molar-refractivity contribution in [3.05, 3.63) is 28.2 Å². The lowest BCUT2D eigenvalue weighted by atomic mass is 10.0. The monoisotopic (exact) mass is 403 g/mol. The summed E-state index contributed by atoms with van der Waals surface area (Å²) in [5, 5.41) is 8.77. The lowest BCUT2D eigenvalue weighted by Crippen LogP contribution is -2.33. The van der Waals surface area contributed by atoms with Crippen molar-refractivity contribution in [3.63, 3.8) is 0 Å². The molecule has 1 atom stereocenters. The number of anilines is 1. The minimum Gasteiger partial charge on any atom is -0.347 e. The smallest absolute Gasteiger partial charge is 0.243 e. The van der Waals surface area contributed by atoms with Crippen molar-refractivity contribution in [3.8, 4) is 0 Å². The van der Waals surface area contributed by atoms with Gasteiger partial charge in [0.15, 0.2) is 0 Å². The van der Waals surface area contributed by atoms with Gasteiger partial charge in [0.25, 0.3) is 0 Å². The summed E-state index contributed by atoms with van der Waals surface area (Å²) in [7, 11) is 0. The number of nitrogens with one attached hydrogen (secondary N) is 3. The predicted molar refractivity (Wildman–Crippen MR) is 98.0 cm³/mol. The summed E-state index contributed by atoms with van der Waals surface area (Å²) in [4.78, 5) is 23.6. The lowest BCUT2D eigenvalue weighted by molar-refractivity contribution is -0.124. The average molecular weight is 405 g/mol. The van der Waals surface area contributed by atoms with Crippen molar-refractivity contribution in [1.29, 1.82) is 0 Å². The molecule has 1 heterocycles. The van der Waals surface area contributed by atoms with E-state index in [1.807, 2.05) is 25.1 Å². The summed E-state index contributed by atoms with van der Waals surface area (Å²) in [5.41, 5.74) is 1.74. The van der Waals surface area contributed by atoms with Crippen LogP contribution in [0.1, 0.15) is 24.8 Å². The molecule has 1 fully saturated rings. The van der Waals surface area contributed by atoms with Crippen LogP contribution in [0.4, 0.5) is 5.69 Å². The molecule has 7 heteroatoms. The van der Waals surface area contributed by atoms with Crippen LogP contribution in [0, 0.1) is 12.8 Å². The molecule has 1 saturated heterocycles. The highest BCUT2D eigenvalue weighted by molar-refractivity contribution is 9.10. The van der Waals surface area contributed by atoms with E-state index >= 15 is 0 Å². The van der Waals surface area contributed by atoms with Crippen molar-refractivity contribution in [2.24, 2.45) is 5.92 Å². The first-order valence-electron chi connectivity index (χ1n) is 7.58. The van der Waals surface area contributed by atoms with Crippen molar-refractivity contribution >= 4 is 45.8 Å². The van der Waals surface area contributed by atoms with Gasteiger partial charge in [0.1, 0.15) is 0 Å². The Balaban J connectivity index is 0.00000264. The molecule has 0 spiro atoms. The van der Waals surface area contributed by atoms with Gasteiger partial charge in [0.05, 0.1) is 6.54 Å². The molecule has 128 valence electrons. The van der Waals surface area contributed by atoms with Gasteiger partial charge in [-0.05, 0) is 62.5 Å². The van der Waals surface area contributed by atoms with Crippen LogP contribution < -0.4 is 16.0 Å². The minimum atomic E-state index is -0.207. The van der Waals surface area contributed by atoms with E-state index in [4.69, 9.17) is 0 Å². The van der Waals surface area contributed by atoms with Crippen molar-refractivity contribution in [2.45, 2.75) is 26.2 Å². The maximum Gasteiger partial charge on any atom is 0.243 e. The molecule has 3 N–H and O–H groups in total. The number of carbonyl (C=O) groups excluding carboxylic acids is 2. The Morgan fingerprint density at radius 2 is 2.13 bits per heavy atom. The lowest BCUT2D eigenvalue weighted by Gasteiger charge is -2.10. The number of hydrogen-bond donors (Lipinski definition) is 3. The maximum absolute atomic E-state index is 11.9. The minimum absolute atomic E-state index is 0. The molecule has 0 aliphatic carbocycles. The molecule has 0 bridgehead atoms. The largest absolute Gasteiger partial charge is 0.347 e. The first kappa shape index (κ1) is 19.9. The summed E-state index contributed by atoms with van der Waals surface area (Å²) >= 11 is 3.38. The average Bonchev–Trinajstić information content (AvgIpc) is 2.99. The second-order valence-electron chi connectivity index (χ2n) is 5.68. The Morgan fingerprint density at radius 1 is 1.35 bits per heavy atom. The predicted octanol–water partition coefficient (Wildman–Crippen LogP) is 2.62. The second-order valence-corrected chi connectivity index (χ2v) is 6.60. The van der Waals surface area contributed by atoms with E-state index in [1.54, 1.807) is 0 Å². The first-order chi connectivity index (χ1) is 10.5. The molecule has 1 aromatic rings. The maximum atomic E-state index is 11.9. The highest BCUT2D eigenvalue weighted by atomic mass is 79.9. The summed E-state index contributed by atoms with van der Waals surface area (Å²) < 4.78 is 0.970. The summed E-state index contributed by atoms with van der Waals surface area (Å²) in [6.07, 6.45) is 2.50. The van der Waals surface area contributed by atoms with Gasteiger partial charge in [-0.25, -0.2) is 0 Å². The quantitative estimate of drug-likeness (QED) is 0.682. The van der Waals surface area contributed by atoms with Crippen LogP contribution in [0.5, 0.6) is 0 Å². The van der Waals surface area contributed by atoms with Crippen LogP contribution in [0.25, 0.3) is 0 Å². The van der Waals surface area contributed by atoms with E-state index in [9.17, 15) is 9.59 Å². The van der Waals surface area contributed by atoms with Gasteiger partial charge in [-0.15, -0.1) is 12.4 Å². The fraction of sp³-hybridized carbons (Fsp3) is 0.500. The summed E-state index contributed by atoms with van der Waals surface area (Å²) in [5.74, 6) is 0.320. The molecule has 23 heavy (non-hydrogen) atoms. The molecular formula is C16H23BrClN3O2. The van der Waals surface area contributed by atoms with Gasteiger partial charge in [-0.1, -0.05) is 15.9 Å². The van der Waals surface area contributed by atoms with E-state index < -0.39 is 0 Å². The third kappa shape index (κ3) is 6.89. The third-order valence-corrected chi connectivity index (χ3v) is 4.34. The van der Waals surface area contributed by atoms with Crippen molar-refractivity contribution in [2.75, 3.05) is 25.0 Å². The molecule has 1 aliphatic rings. The normalized spacial score (nSPS) is 16.5. The molecule has 0 radical (unpaired) electrons. The SMILES string of the molecule is Cc1cc(Br)ccc1NC(=O)CNC(=O)CCC1CCNC1.Cl. The second kappa shape index (κ2) is 9.90. The van der Waals surface area contributed by atoms with E-state index in [2.05, 4.69) is 31.9 Å². The fourth-order valence-corrected chi connectivity index (χ4v) is 3.00. The number of carbonyl (C=O) groups is 2. The van der Waals surface area contributed by atoms with Gasteiger partial charge in [-0.3, -0.25) is 9.59 Å². The molecule has 1 aliphatic heterocycles. The van der Waals surface area contributed by atoms with E-state index in [1.165, 1.54) is 0 Å². The molecule has 2 amide bonds. The molecule has 5 nitrogen and oxygen atoms in total. The Labute approximate surface area is 151 Å². The number of hydrogen-bond acceptors (Lipinski definition) is 3. The standard InChI is InChI=1S/C16H22BrN3O2.ClH/c1-11-8-13(17)3-4-14(11)20-16(22)10-19-15(21)5-2-12-6-7-18-9-12;/h3-4,8,12,18H,2,5-7,9-10H2,1H3,(H,19,21)(H,20,22);1H. The molecule has 1 unspecified atom stereocenters. The fourth-order valence-electron chi connectivity index (χ4n) is 2.53. The van der Waals surface area contributed by atoms with Crippen LogP contribution >= 0.6 is 28.3 Å². The molecule has 0 saturated carbocycles. The zero-order chi connectivity index (χ0) is 15.9. The number of rotatable bonds is 6. The van der Waals surface area contributed by atoms with Gasteiger partial charge in [0.2, 0.25) is 11.8 Å². The topological polar surface area (TPSA) is 70.2 Å². The van der Waals surface area contributed by atoms with E-state index in [0.29, 0.717) is 12.3 Å². The van der Waals surface area contributed by atoms with E-state index in [-0.39, 0.29) is 30.8 Å².